The van der Waals surface area contributed by atoms with Crippen LogP contribution >= 0.6 is 62.9 Å². The Kier molecular flexibility index (Phi) is 3.50. The van der Waals surface area contributed by atoms with E-state index in [1.54, 1.807) is 0 Å². The van der Waals surface area contributed by atoms with Gasteiger partial charge in [0, 0.05) is 9.79 Å². The standard InChI is InChI=1S/C16H8S6/c1-2-4-10-6-12-8-14-13(7-11(12)5-9(10)3-1)17-15-16(18-14)20-22-21-19-15/h1-8H. The van der Waals surface area contributed by atoms with Crippen molar-refractivity contribution in [3.05, 3.63) is 48.5 Å². The van der Waals surface area contributed by atoms with E-state index in [4.69, 9.17) is 0 Å². The quantitative estimate of drug-likeness (QED) is 0.193. The van der Waals surface area contributed by atoms with Gasteiger partial charge in [0.1, 0.15) is 8.42 Å². The van der Waals surface area contributed by atoms with E-state index < -0.39 is 0 Å². The summed E-state index contributed by atoms with van der Waals surface area (Å²) in [5.41, 5.74) is 0. The molecule has 0 nitrogen and oxygen atoms in total. The topological polar surface area (TPSA) is 0 Å². The SMILES string of the molecule is c1ccc2cc3cc4c(cc3cc2c1)Sc1ssssc1S4. The minimum absolute atomic E-state index is 1.32. The van der Waals surface area contributed by atoms with Crippen molar-refractivity contribution in [1.82, 2.24) is 0 Å². The van der Waals surface area contributed by atoms with E-state index in [9.17, 15) is 0 Å². The van der Waals surface area contributed by atoms with Crippen LogP contribution in [0.5, 0.6) is 0 Å². The summed E-state index contributed by atoms with van der Waals surface area (Å²) in [7, 11) is 7.53. The van der Waals surface area contributed by atoms with Crippen LogP contribution < -0.4 is 0 Å². The first kappa shape index (κ1) is 13.9. The molecule has 0 bridgehead atoms. The number of benzene rings is 3. The van der Waals surface area contributed by atoms with E-state index in [0.29, 0.717) is 0 Å². The molecule has 108 valence electrons. The van der Waals surface area contributed by atoms with Gasteiger partial charge in [-0.1, -0.05) is 68.5 Å². The van der Waals surface area contributed by atoms with Crippen LogP contribution in [-0.2, 0) is 0 Å². The highest BCUT2D eigenvalue weighted by Crippen LogP contribution is 2.54. The minimum Gasteiger partial charge on any atom is -0.0750 e. The molecular formula is C16H8S6. The zero-order valence-corrected chi connectivity index (χ0v) is 16.0. The summed E-state index contributed by atoms with van der Waals surface area (Å²) >= 11 is 3.86. The molecule has 0 unspecified atom stereocenters. The Morgan fingerprint density at radius 2 is 1.05 bits per heavy atom. The fourth-order valence-corrected chi connectivity index (χ4v) is 13.1. The molecular weight excluding hydrogens is 385 g/mol. The summed E-state index contributed by atoms with van der Waals surface area (Å²) in [6.45, 7) is 0. The maximum Gasteiger partial charge on any atom is 0.101 e. The van der Waals surface area contributed by atoms with Gasteiger partial charge in [-0.3, -0.25) is 0 Å². The Hall–Kier alpha value is -0.500. The zero-order valence-electron chi connectivity index (χ0n) is 11.1. The summed E-state index contributed by atoms with van der Waals surface area (Å²) in [5.74, 6) is 0. The molecule has 0 amide bonds. The van der Waals surface area contributed by atoms with Gasteiger partial charge >= 0.3 is 0 Å². The third-order valence-electron chi connectivity index (χ3n) is 3.59. The molecule has 0 fully saturated rings. The van der Waals surface area contributed by atoms with Crippen LogP contribution in [0.1, 0.15) is 0 Å². The van der Waals surface area contributed by atoms with E-state index in [2.05, 4.69) is 48.5 Å². The van der Waals surface area contributed by atoms with E-state index in [1.165, 1.54) is 39.8 Å². The second-order valence-corrected chi connectivity index (χ2v) is 13.2. The van der Waals surface area contributed by atoms with E-state index in [0.717, 1.165) is 0 Å². The minimum atomic E-state index is 1.32. The Balaban J connectivity index is 1.75. The van der Waals surface area contributed by atoms with Crippen LogP contribution in [0.25, 0.3) is 21.5 Å². The molecule has 4 aromatic rings. The number of fused-ring (bicyclic) bond motifs is 4. The largest absolute Gasteiger partial charge is 0.101 e. The van der Waals surface area contributed by atoms with Crippen molar-refractivity contribution in [2.24, 2.45) is 0 Å². The molecule has 2 heterocycles. The first-order valence-electron chi connectivity index (χ1n) is 6.61. The van der Waals surface area contributed by atoms with E-state index >= 15 is 0 Å². The van der Waals surface area contributed by atoms with Crippen LogP contribution in [0, 0.1) is 0 Å². The smallest absolute Gasteiger partial charge is 0.0750 e. The van der Waals surface area contributed by atoms with Crippen molar-refractivity contribution in [1.29, 1.82) is 0 Å². The second-order valence-electron chi connectivity index (χ2n) is 4.93. The van der Waals surface area contributed by atoms with Crippen LogP contribution in [0.2, 0.25) is 0 Å². The molecule has 0 spiro atoms. The van der Waals surface area contributed by atoms with Gasteiger partial charge in [0.25, 0.3) is 0 Å². The van der Waals surface area contributed by atoms with Gasteiger partial charge in [-0.05, 0) is 64.5 Å². The molecule has 3 aromatic carbocycles. The Labute approximate surface area is 150 Å². The summed E-state index contributed by atoms with van der Waals surface area (Å²) in [6.07, 6.45) is 0. The van der Waals surface area contributed by atoms with Crippen LogP contribution in [0.15, 0.2) is 66.7 Å². The lowest BCUT2D eigenvalue weighted by Gasteiger charge is -2.17. The molecule has 0 atom stereocenters. The van der Waals surface area contributed by atoms with E-state index in [-0.39, 0.29) is 0 Å². The zero-order chi connectivity index (χ0) is 14.5. The Bertz CT molecular complexity index is 960. The van der Waals surface area contributed by atoms with Gasteiger partial charge < -0.3 is 0 Å². The van der Waals surface area contributed by atoms with E-state index in [1.807, 2.05) is 62.9 Å². The lowest BCUT2D eigenvalue weighted by atomic mass is 10.0. The van der Waals surface area contributed by atoms with Gasteiger partial charge in [0.05, 0.1) is 0 Å². The van der Waals surface area contributed by atoms with Crippen LogP contribution in [0.4, 0.5) is 0 Å². The summed E-state index contributed by atoms with van der Waals surface area (Å²) in [4.78, 5) is 2.79. The molecule has 0 saturated carbocycles. The van der Waals surface area contributed by atoms with Crippen LogP contribution in [-0.4, -0.2) is 0 Å². The van der Waals surface area contributed by atoms with Crippen molar-refractivity contribution in [3.63, 3.8) is 0 Å². The Morgan fingerprint density at radius 1 is 0.545 bits per heavy atom. The second kappa shape index (κ2) is 5.54. The summed E-state index contributed by atoms with van der Waals surface area (Å²) in [6, 6.07) is 17.9. The number of hydrogen-bond donors (Lipinski definition) is 0. The van der Waals surface area contributed by atoms with Gasteiger partial charge in [0.2, 0.25) is 0 Å². The van der Waals surface area contributed by atoms with Crippen molar-refractivity contribution in [3.8, 4) is 0 Å². The van der Waals surface area contributed by atoms with Gasteiger partial charge in [0.15, 0.2) is 0 Å². The molecule has 22 heavy (non-hydrogen) atoms. The van der Waals surface area contributed by atoms with Gasteiger partial charge in [-0.2, -0.15) is 0 Å². The highest BCUT2D eigenvalue weighted by molar-refractivity contribution is 8.15. The molecule has 0 radical (unpaired) electrons. The molecule has 0 N–H and O–H groups in total. The van der Waals surface area contributed by atoms with Crippen molar-refractivity contribution in [2.75, 3.05) is 0 Å². The van der Waals surface area contributed by atoms with Gasteiger partial charge in [-0.15, -0.1) is 0 Å². The number of rotatable bonds is 0. The average molecular weight is 393 g/mol. The lowest BCUT2D eigenvalue weighted by Crippen LogP contribution is -1.87. The molecule has 5 rings (SSSR count). The number of hydrogen-bond acceptors (Lipinski definition) is 6. The summed E-state index contributed by atoms with van der Waals surface area (Å²) in [5, 5.41) is 5.31. The molecule has 0 aliphatic carbocycles. The normalized spacial score (nSPS) is 13.1. The monoisotopic (exact) mass is 392 g/mol. The van der Waals surface area contributed by atoms with Crippen molar-refractivity contribution in [2.45, 2.75) is 18.2 Å². The highest BCUT2D eigenvalue weighted by atomic mass is 33.4. The highest BCUT2D eigenvalue weighted by Gasteiger charge is 2.19. The van der Waals surface area contributed by atoms with Crippen LogP contribution in [0.3, 0.4) is 0 Å². The molecule has 1 aliphatic heterocycles. The predicted octanol–water partition coefficient (Wildman–Crippen LogP) is 7.98. The average Bonchev–Trinajstić information content (AvgIpc) is 2.56. The predicted molar refractivity (Wildman–Crippen MR) is 105 cm³/mol. The lowest BCUT2D eigenvalue weighted by molar-refractivity contribution is 1.24. The van der Waals surface area contributed by atoms with Crippen molar-refractivity contribution >= 4 is 84.4 Å². The molecule has 6 heteroatoms. The first-order chi connectivity index (χ1) is 10.9. The first-order valence-corrected chi connectivity index (χ1v) is 13.1. The fraction of sp³-hybridized carbons (Fsp3) is 0. The third-order valence-corrected chi connectivity index (χ3v) is 13.5. The fourth-order valence-electron chi connectivity index (χ4n) is 2.58. The molecule has 1 aliphatic rings. The maximum absolute atomic E-state index is 2.36. The Morgan fingerprint density at radius 3 is 1.55 bits per heavy atom. The van der Waals surface area contributed by atoms with Crippen molar-refractivity contribution < 1.29 is 0 Å². The maximum atomic E-state index is 2.36. The molecule has 0 saturated heterocycles. The third kappa shape index (κ3) is 2.33. The summed E-state index contributed by atoms with van der Waals surface area (Å²) < 4.78 is 2.90. The molecule has 1 aromatic heterocycles. The van der Waals surface area contributed by atoms with Gasteiger partial charge in [-0.25, -0.2) is 0 Å².